The van der Waals surface area contributed by atoms with Gasteiger partial charge in [-0.25, -0.2) is 8.42 Å². The molecule has 0 aliphatic rings. The average molecular weight is 276 g/mol. The maximum absolute atomic E-state index is 12.1. The summed E-state index contributed by atoms with van der Waals surface area (Å²) in [4.78, 5) is 0.119. The third kappa shape index (κ3) is 2.92. The van der Waals surface area contributed by atoms with Gasteiger partial charge in [0.25, 0.3) is 10.0 Å². The van der Waals surface area contributed by atoms with Gasteiger partial charge >= 0.3 is 0 Å². The Labute approximate surface area is 111 Å². The molecule has 0 spiro atoms. The molecule has 2 rings (SSSR count). The molecule has 0 aliphatic heterocycles. The van der Waals surface area contributed by atoms with Crippen LogP contribution in [-0.2, 0) is 16.4 Å². The number of benzene rings is 1. The number of hydrogen-bond donors (Lipinski definition) is 2. The molecule has 0 unspecified atom stereocenters. The molecule has 19 heavy (non-hydrogen) atoms. The van der Waals surface area contributed by atoms with E-state index in [9.17, 15) is 8.42 Å². The van der Waals surface area contributed by atoms with Crippen LogP contribution in [0.4, 0.5) is 5.69 Å². The number of aryl methyl sites for hydroxylation is 1. The summed E-state index contributed by atoms with van der Waals surface area (Å²) < 4.78 is 26.6. The van der Waals surface area contributed by atoms with Crippen LogP contribution >= 0.6 is 0 Å². The Hall–Kier alpha value is -2.33. The van der Waals surface area contributed by atoms with Crippen LogP contribution in [0, 0.1) is 18.3 Å². The van der Waals surface area contributed by atoms with Crippen LogP contribution in [0.1, 0.15) is 11.3 Å². The number of rotatable bonds is 4. The van der Waals surface area contributed by atoms with Crippen LogP contribution in [0.3, 0.4) is 0 Å². The zero-order valence-corrected chi connectivity index (χ0v) is 11.0. The molecule has 2 aromatic rings. The fraction of sp³-hybridized carbons (Fsp3) is 0.167. The lowest BCUT2D eigenvalue weighted by Gasteiger charge is -2.07. The number of aromatic nitrogens is 2. The topological polar surface area (TPSA) is 98.6 Å². The van der Waals surface area contributed by atoms with Gasteiger partial charge in [0.15, 0.2) is 0 Å². The summed E-state index contributed by atoms with van der Waals surface area (Å²) in [6, 6.07) is 8.70. The van der Waals surface area contributed by atoms with E-state index in [1.165, 1.54) is 6.20 Å². The summed E-state index contributed by atoms with van der Waals surface area (Å²) in [5.74, 6) is 0. The fourth-order valence-corrected chi connectivity index (χ4v) is 2.80. The molecule has 1 aromatic heterocycles. The molecule has 0 fully saturated rings. The minimum atomic E-state index is -3.63. The Morgan fingerprint density at radius 2 is 2.05 bits per heavy atom. The summed E-state index contributed by atoms with van der Waals surface area (Å²) in [6.45, 7) is 1.64. The number of nitrogens with one attached hydrogen (secondary N) is 2. The number of hydrogen-bond acceptors (Lipinski definition) is 4. The van der Waals surface area contributed by atoms with Crippen molar-refractivity contribution in [2.75, 3.05) is 4.72 Å². The Balaban J connectivity index is 2.22. The van der Waals surface area contributed by atoms with Crippen molar-refractivity contribution in [3.05, 3.63) is 41.7 Å². The standard InChI is InChI=1S/C12H12N4O2S/c1-9-12(8-14-15-9)19(17,18)16-11-4-2-10(3-5-11)6-7-13/h2-5,8,16H,6H2,1H3,(H,14,15). The van der Waals surface area contributed by atoms with E-state index in [0.29, 0.717) is 17.8 Å². The van der Waals surface area contributed by atoms with Crippen LogP contribution in [0.15, 0.2) is 35.4 Å². The summed E-state index contributed by atoms with van der Waals surface area (Å²) in [7, 11) is -3.63. The highest BCUT2D eigenvalue weighted by Crippen LogP contribution is 2.18. The van der Waals surface area contributed by atoms with Crippen LogP contribution in [-0.4, -0.2) is 18.6 Å². The number of H-pyrrole nitrogens is 1. The second-order valence-corrected chi connectivity index (χ2v) is 5.65. The minimum Gasteiger partial charge on any atom is -0.281 e. The first-order valence-electron chi connectivity index (χ1n) is 5.51. The van der Waals surface area contributed by atoms with E-state index in [0.717, 1.165) is 5.56 Å². The molecule has 98 valence electrons. The van der Waals surface area contributed by atoms with E-state index in [4.69, 9.17) is 5.26 Å². The molecule has 2 N–H and O–H groups in total. The lowest BCUT2D eigenvalue weighted by molar-refractivity contribution is 0.600. The van der Waals surface area contributed by atoms with Crippen molar-refractivity contribution in [3.8, 4) is 6.07 Å². The smallest absolute Gasteiger partial charge is 0.265 e. The van der Waals surface area contributed by atoms with Crippen molar-refractivity contribution in [2.45, 2.75) is 18.2 Å². The highest BCUT2D eigenvalue weighted by Gasteiger charge is 2.18. The molecule has 0 amide bonds. The molecular formula is C12H12N4O2S. The summed E-state index contributed by atoms with van der Waals surface area (Å²) in [5.41, 5.74) is 1.76. The van der Waals surface area contributed by atoms with Gasteiger partial charge in [0, 0.05) is 5.69 Å². The van der Waals surface area contributed by atoms with E-state index in [-0.39, 0.29) is 4.90 Å². The first kappa shape index (κ1) is 13.1. The second-order valence-electron chi connectivity index (χ2n) is 4.00. The quantitative estimate of drug-likeness (QED) is 0.885. The van der Waals surface area contributed by atoms with E-state index >= 15 is 0 Å². The summed E-state index contributed by atoms with van der Waals surface area (Å²) in [5, 5.41) is 14.8. The van der Waals surface area contributed by atoms with Crippen molar-refractivity contribution >= 4 is 15.7 Å². The average Bonchev–Trinajstić information content (AvgIpc) is 2.79. The van der Waals surface area contributed by atoms with Crippen LogP contribution < -0.4 is 4.72 Å². The maximum atomic E-state index is 12.1. The van der Waals surface area contributed by atoms with Crippen LogP contribution in [0.2, 0.25) is 0 Å². The lowest BCUT2D eigenvalue weighted by atomic mass is 10.1. The number of aromatic amines is 1. The fourth-order valence-electron chi connectivity index (χ4n) is 1.60. The molecule has 0 aliphatic carbocycles. The number of nitrogens with zero attached hydrogens (tertiary/aromatic N) is 2. The zero-order valence-electron chi connectivity index (χ0n) is 10.2. The van der Waals surface area contributed by atoms with E-state index in [1.54, 1.807) is 31.2 Å². The monoisotopic (exact) mass is 276 g/mol. The van der Waals surface area contributed by atoms with Gasteiger partial charge in [0.1, 0.15) is 4.90 Å². The van der Waals surface area contributed by atoms with Gasteiger partial charge in [-0.05, 0) is 24.6 Å². The molecule has 6 nitrogen and oxygen atoms in total. The van der Waals surface area contributed by atoms with Gasteiger partial charge in [-0.1, -0.05) is 12.1 Å². The maximum Gasteiger partial charge on any atom is 0.265 e. The molecule has 0 bridgehead atoms. The minimum absolute atomic E-state index is 0.119. The largest absolute Gasteiger partial charge is 0.281 e. The lowest BCUT2D eigenvalue weighted by Crippen LogP contribution is -2.13. The first-order chi connectivity index (χ1) is 9.03. The van der Waals surface area contributed by atoms with Gasteiger partial charge in [-0.15, -0.1) is 0 Å². The van der Waals surface area contributed by atoms with E-state index in [2.05, 4.69) is 14.9 Å². The Kier molecular flexibility index (Phi) is 3.53. The molecule has 1 aromatic carbocycles. The molecular weight excluding hydrogens is 264 g/mol. The van der Waals surface area contributed by atoms with Crippen molar-refractivity contribution in [2.24, 2.45) is 0 Å². The number of nitriles is 1. The third-order valence-electron chi connectivity index (χ3n) is 2.56. The second kappa shape index (κ2) is 5.12. The molecule has 0 radical (unpaired) electrons. The highest BCUT2D eigenvalue weighted by molar-refractivity contribution is 7.92. The Morgan fingerprint density at radius 3 is 2.58 bits per heavy atom. The summed E-state index contributed by atoms with van der Waals surface area (Å²) >= 11 is 0. The van der Waals surface area contributed by atoms with Gasteiger partial charge in [0.05, 0.1) is 24.4 Å². The van der Waals surface area contributed by atoms with Crippen molar-refractivity contribution < 1.29 is 8.42 Å². The molecule has 0 saturated heterocycles. The van der Waals surface area contributed by atoms with E-state index in [1.807, 2.05) is 6.07 Å². The molecule has 1 heterocycles. The van der Waals surface area contributed by atoms with Crippen molar-refractivity contribution in [3.63, 3.8) is 0 Å². The normalized spacial score (nSPS) is 10.9. The molecule has 7 heteroatoms. The predicted molar refractivity (Wildman–Crippen MR) is 69.9 cm³/mol. The highest BCUT2D eigenvalue weighted by atomic mass is 32.2. The SMILES string of the molecule is Cc1[nH]ncc1S(=O)(=O)Nc1ccc(CC#N)cc1. The van der Waals surface area contributed by atoms with Crippen molar-refractivity contribution in [1.82, 2.24) is 10.2 Å². The van der Waals surface area contributed by atoms with Gasteiger partial charge in [0.2, 0.25) is 0 Å². The first-order valence-corrected chi connectivity index (χ1v) is 7.00. The van der Waals surface area contributed by atoms with Gasteiger partial charge < -0.3 is 0 Å². The number of anilines is 1. The van der Waals surface area contributed by atoms with Gasteiger partial charge in [-0.3, -0.25) is 9.82 Å². The van der Waals surface area contributed by atoms with Gasteiger partial charge in [-0.2, -0.15) is 10.4 Å². The Morgan fingerprint density at radius 1 is 1.37 bits per heavy atom. The summed E-state index contributed by atoms with van der Waals surface area (Å²) in [6.07, 6.45) is 1.57. The Bertz CT molecular complexity index is 711. The van der Waals surface area contributed by atoms with Crippen LogP contribution in [0.25, 0.3) is 0 Å². The van der Waals surface area contributed by atoms with Crippen LogP contribution in [0.5, 0.6) is 0 Å². The van der Waals surface area contributed by atoms with E-state index < -0.39 is 10.0 Å². The number of sulfonamides is 1. The predicted octanol–water partition coefficient (Wildman–Crippen LogP) is 1.58. The molecule has 0 atom stereocenters. The third-order valence-corrected chi connectivity index (χ3v) is 4.06. The van der Waals surface area contributed by atoms with Crippen molar-refractivity contribution in [1.29, 1.82) is 5.26 Å². The zero-order chi connectivity index (χ0) is 13.9. The molecule has 0 saturated carbocycles.